The summed E-state index contributed by atoms with van der Waals surface area (Å²) in [5.74, 6) is 1.50. The number of carbonyl (C=O) groups excluding carboxylic acids is 1. The monoisotopic (exact) mass is 454 g/mol. The van der Waals surface area contributed by atoms with Crippen LogP contribution >= 0.6 is 11.6 Å². The first-order valence-corrected chi connectivity index (χ1v) is 11.3. The molecule has 0 radical (unpaired) electrons. The number of fused-ring (bicyclic) bond motifs is 1. The van der Waals surface area contributed by atoms with Crippen LogP contribution in [0.25, 0.3) is 11.0 Å². The Hall–Kier alpha value is -3.06. The van der Waals surface area contributed by atoms with Gasteiger partial charge in [0.2, 0.25) is 5.91 Å². The molecule has 32 heavy (non-hydrogen) atoms. The first-order chi connectivity index (χ1) is 15.6. The molecule has 1 saturated heterocycles. The highest BCUT2D eigenvalue weighted by Gasteiger charge is 2.29. The molecule has 0 spiro atoms. The molecule has 0 saturated carbocycles. The summed E-state index contributed by atoms with van der Waals surface area (Å²) < 4.78 is 11.3. The van der Waals surface area contributed by atoms with E-state index >= 15 is 0 Å². The van der Waals surface area contributed by atoms with E-state index in [2.05, 4.69) is 17.1 Å². The topological polar surface area (TPSA) is 76.6 Å². The highest BCUT2D eigenvalue weighted by atomic mass is 35.5. The number of hydrogen-bond donors (Lipinski definition) is 1. The second kappa shape index (κ2) is 10.0. The number of rotatable bonds is 7. The Morgan fingerprint density at radius 3 is 2.75 bits per heavy atom. The maximum Gasteiger partial charge on any atom is 0.258 e. The first kappa shape index (κ1) is 22.1. The molecule has 0 aliphatic carbocycles. The lowest BCUT2D eigenvalue weighted by atomic mass is 9.97. The lowest BCUT2D eigenvalue weighted by molar-refractivity contribution is -0.120. The normalized spacial score (nSPS) is 16.1. The van der Waals surface area contributed by atoms with Crippen molar-refractivity contribution >= 4 is 40.0 Å². The van der Waals surface area contributed by atoms with Crippen molar-refractivity contribution in [3.63, 3.8) is 0 Å². The Labute approximate surface area is 192 Å². The summed E-state index contributed by atoms with van der Waals surface area (Å²) in [7, 11) is 1.57. The minimum Gasteiger partial charge on any atom is -0.495 e. The van der Waals surface area contributed by atoms with Crippen molar-refractivity contribution in [1.29, 1.82) is 0 Å². The number of aromatic nitrogens is 2. The highest BCUT2D eigenvalue weighted by Crippen LogP contribution is 2.32. The lowest BCUT2D eigenvalue weighted by Gasteiger charge is -2.33. The van der Waals surface area contributed by atoms with E-state index in [1.165, 1.54) is 0 Å². The van der Waals surface area contributed by atoms with Crippen LogP contribution < -0.4 is 19.7 Å². The summed E-state index contributed by atoms with van der Waals surface area (Å²) in [6.07, 6.45) is 2.53. The molecule has 1 aliphatic rings. The van der Waals surface area contributed by atoms with Gasteiger partial charge in [-0.2, -0.15) is 0 Å². The molecular formula is C24H27ClN4O3. The van der Waals surface area contributed by atoms with E-state index in [0.29, 0.717) is 41.3 Å². The Balaban J connectivity index is 1.56. The van der Waals surface area contributed by atoms with Crippen molar-refractivity contribution in [3.05, 3.63) is 47.5 Å². The van der Waals surface area contributed by atoms with E-state index in [-0.39, 0.29) is 11.8 Å². The minimum atomic E-state index is -0.209. The maximum atomic E-state index is 13.1. The number of hydrogen-bond acceptors (Lipinski definition) is 6. The van der Waals surface area contributed by atoms with E-state index in [1.54, 1.807) is 25.3 Å². The van der Waals surface area contributed by atoms with E-state index in [9.17, 15) is 4.79 Å². The number of ether oxygens (including phenoxy) is 2. The SMILES string of the molecule is CCCOc1nc2ccccc2nc1N1CCC[C@H](C(=O)Nc2cc(Cl)ccc2OC)C1. The van der Waals surface area contributed by atoms with E-state index in [0.717, 1.165) is 36.8 Å². The van der Waals surface area contributed by atoms with Gasteiger partial charge in [-0.3, -0.25) is 4.79 Å². The number of methoxy groups -OCH3 is 1. The minimum absolute atomic E-state index is 0.0694. The zero-order valence-corrected chi connectivity index (χ0v) is 19.1. The van der Waals surface area contributed by atoms with Gasteiger partial charge in [0.05, 0.1) is 36.4 Å². The molecule has 1 amide bonds. The quantitative estimate of drug-likeness (QED) is 0.545. The van der Waals surface area contributed by atoms with Crippen LogP contribution in [0.4, 0.5) is 11.5 Å². The van der Waals surface area contributed by atoms with Crippen LogP contribution in [-0.2, 0) is 4.79 Å². The maximum absolute atomic E-state index is 13.1. The zero-order valence-electron chi connectivity index (χ0n) is 18.3. The number of halogens is 1. The summed E-state index contributed by atoms with van der Waals surface area (Å²) >= 11 is 6.11. The van der Waals surface area contributed by atoms with E-state index < -0.39 is 0 Å². The Bertz CT molecular complexity index is 1110. The molecule has 7 nitrogen and oxygen atoms in total. The number of nitrogens with one attached hydrogen (secondary N) is 1. The Morgan fingerprint density at radius 1 is 1.22 bits per heavy atom. The molecule has 0 bridgehead atoms. The van der Waals surface area contributed by atoms with Crippen molar-refractivity contribution < 1.29 is 14.3 Å². The van der Waals surface area contributed by atoms with Crippen molar-refractivity contribution in [3.8, 4) is 11.6 Å². The average Bonchev–Trinajstić information content (AvgIpc) is 2.82. The standard InChI is InChI=1S/C24H27ClN4O3/c1-3-13-32-24-22(26-18-8-4-5-9-19(18)28-24)29-12-6-7-16(15-29)23(30)27-20-14-17(25)10-11-21(20)31-2/h4-5,8-11,14,16H,3,6-7,12-13,15H2,1-2H3,(H,27,30)/t16-/m0/s1. The summed E-state index contributed by atoms with van der Waals surface area (Å²) in [6.45, 7) is 3.94. The molecule has 168 valence electrons. The molecule has 1 atom stereocenters. The summed E-state index contributed by atoms with van der Waals surface area (Å²) in [5.41, 5.74) is 2.17. The molecule has 1 aromatic heterocycles. The lowest BCUT2D eigenvalue weighted by Crippen LogP contribution is -2.41. The predicted octanol–water partition coefficient (Wildman–Crippen LogP) is 4.94. The summed E-state index contributed by atoms with van der Waals surface area (Å²) in [4.78, 5) is 24.7. The fourth-order valence-corrected chi connectivity index (χ4v) is 4.04. The van der Waals surface area contributed by atoms with Crippen LogP contribution in [0.3, 0.4) is 0 Å². The molecular weight excluding hydrogens is 428 g/mol. The third-order valence-corrected chi connectivity index (χ3v) is 5.71. The van der Waals surface area contributed by atoms with Gasteiger partial charge in [0, 0.05) is 18.1 Å². The summed E-state index contributed by atoms with van der Waals surface area (Å²) in [5, 5.41) is 3.52. The van der Waals surface area contributed by atoms with Gasteiger partial charge in [-0.05, 0) is 49.6 Å². The van der Waals surface area contributed by atoms with Gasteiger partial charge in [-0.25, -0.2) is 9.97 Å². The molecule has 2 heterocycles. The third-order valence-electron chi connectivity index (χ3n) is 5.48. The number of benzene rings is 2. The van der Waals surface area contributed by atoms with Crippen LogP contribution in [0, 0.1) is 5.92 Å². The van der Waals surface area contributed by atoms with Crippen molar-refractivity contribution in [1.82, 2.24) is 9.97 Å². The Morgan fingerprint density at radius 2 is 2.00 bits per heavy atom. The number of nitrogens with zero attached hydrogens (tertiary/aromatic N) is 3. The molecule has 1 fully saturated rings. The number of carbonyl (C=O) groups is 1. The number of amides is 1. The molecule has 0 unspecified atom stereocenters. The molecule has 3 aromatic rings. The largest absolute Gasteiger partial charge is 0.495 e. The van der Waals surface area contributed by atoms with Crippen molar-refractivity contribution in [2.45, 2.75) is 26.2 Å². The van der Waals surface area contributed by atoms with Crippen LogP contribution in [0.1, 0.15) is 26.2 Å². The fourth-order valence-electron chi connectivity index (χ4n) is 3.87. The number of anilines is 2. The van der Waals surface area contributed by atoms with Crippen LogP contribution in [-0.4, -0.2) is 42.7 Å². The number of para-hydroxylation sites is 2. The second-order valence-electron chi connectivity index (χ2n) is 7.81. The van der Waals surface area contributed by atoms with Gasteiger partial charge in [-0.15, -0.1) is 0 Å². The average molecular weight is 455 g/mol. The molecule has 4 rings (SSSR count). The van der Waals surface area contributed by atoms with Gasteiger partial charge < -0.3 is 19.7 Å². The van der Waals surface area contributed by atoms with Gasteiger partial charge in [-0.1, -0.05) is 30.7 Å². The number of piperidine rings is 1. The predicted molar refractivity (Wildman–Crippen MR) is 127 cm³/mol. The first-order valence-electron chi connectivity index (χ1n) is 10.9. The smallest absolute Gasteiger partial charge is 0.258 e. The molecule has 2 aromatic carbocycles. The zero-order chi connectivity index (χ0) is 22.5. The van der Waals surface area contributed by atoms with E-state index in [4.69, 9.17) is 31.0 Å². The van der Waals surface area contributed by atoms with Crippen molar-refractivity contribution in [2.75, 3.05) is 37.0 Å². The molecule has 8 heteroatoms. The third kappa shape index (κ3) is 4.88. The van der Waals surface area contributed by atoms with Crippen molar-refractivity contribution in [2.24, 2.45) is 5.92 Å². The van der Waals surface area contributed by atoms with E-state index in [1.807, 2.05) is 24.3 Å². The fraction of sp³-hybridized carbons (Fsp3) is 0.375. The van der Waals surface area contributed by atoms with Gasteiger partial charge in [0.15, 0.2) is 5.82 Å². The highest BCUT2D eigenvalue weighted by molar-refractivity contribution is 6.31. The summed E-state index contributed by atoms with van der Waals surface area (Å²) in [6, 6.07) is 12.9. The Kier molecular flexibility index (Phi) is 6.95. The van der Waals surface area contributed by atoms with Crippen LogP contribution in [0.2, 0.25) is 5.02 Å². The molecule has 1 aliphatic heterocycles. The second-order valence-corrected chi connectivity index (χ2v) is 8.25. The van der Waals surface area contributed by atoms with Gasteiger partial charge in [0.25, 0.3) is 5.88 Å². The molecule has 1 N–H and O–H groups in total. The van der Waals surface area contributed by atoms with Gasteiger partial charge >= 0.3 is 0 Å². The van der Waals surface area contributed by atoms with Crippen LogP contribution in [0.5, 0.6) is 11.6 Å². The van der Waals surface area contributed by atoms with Gasteiger partial charge in [0.1, 0.15) is 5.75 Å². The van der Waals surface area contributed by atoms with Crippen LogP contribution in [0.15, 0.2) is 42.5 Å².